The Labute approximate surface area is 169 Å². The van der Waals surface area contributed by atoms with Crippen LogP contribution in [0.3, 0.4) is 0 Å². The number of carbonyl (C=O) groups excluding carboxylic acids is 2. The molecule has 0 bridgehead atoms. The molecule has 153 valence electrons. The molecule has 0 aliphatic heterocycles. The monoisotopic (exact) mass is 401 g/mol. The molecule has 9 heteroatoms. The van der Waals surface area contributed by atoms with Gasteiger partial charge < -0.3 is 28.3 Å². The minimum Gasteiger partial charge on any atom is -0.526 e. The quantitative estimate of drug-likeness (QED) is 0.396. The maximum absolute atomic E-state index is 11.3. The average Bonchev–Trinajstić information content (AvgIpc) is 2.73. The zero-order valence-electron chi connectivity index (χ0n) is 16.3. The van der Waals surface area contributed by atoms with Gasteiger partial charge in [-0.25, -0.2) is 9.59 Å². The molecule has 0 N–H and O–H groups in total. The Morgan fingerprint density at radius 1 is 0.655 bits per heavy atom. The largest absolute Gasteiger partial charge is 0.658 e. The van der Waals surface area contributed by atoms with Crippen molar-refractivity contribution < 1.29 is 37.8 Å². The number of benzene rings is 2. The smallest absolute Gasteiger partial charge is 0.526 e. The van der Waals surface area contributed by atoms with Crippen LogP contribution in [0.15, 0.2) is 48.5 Å². The van der Waals surface area contributed by atoms with Crippen LogP contribution in [-0.4, -0.2) is 46.1 Å². The van der Waals surface area contributed by atoms with Crippen molar-refractivity contribution in [3.8, 4) is 23.0 Å². The van der Waals surface area contributed by atoms with Crippen molar-refractivity contribution in [3.63, 3.8) is 0 Å². The van der Waals surface area contributed by atoms with Gasteiger partial charge in [-0.15, -0.1) is 0 Å². The highest BCUT2D eigenvalue weighted by atomic mass is 16.6. The molecule has 0 heterocycles. The van der Waals surface area contributed by atoms with Crippen molar-refractivity contribution in [2.75, 3.05) is 26.4 Å². The first-order chi connectivity index (χ1) is 14.1. The van der Waals surface area contributed by atoms with E-state index in [4.69, 9.17) is 28.3 Å². The van der Waals surface area contributed by atoms with Gasteiger partial charge in [0.25, 0.3) is 0 Å². The van der Waals surface area contributed by atoms with Crippen molar-refractivity contribution in [3.05, 3.63) is 48.5 Å². The summed E-state index contributed by atoms with van der Waals surface area (Å²) in [6, 6.07) is 13.4. The van der Waals surface area contributed by atoms with Crippen LogP contribution in [0.25, 0.3) is 0 Å². The predicted molar refractivity (Wildman–Crippen MR) is 104 cm³/mol. The number of hydrogen-bond donors (Lipinski definition) is 0. The van der Waals surface area contributed by atoms with Crippen LogP contribution in [0.5, 0.6) is 23.0 Å². The first-order valence-electron chi connectivity index (χ1n) is 9.02. The minimum atomic E-state index is -0.424. The van der Waals surface area contributed by atoms with Crippen LogP contribution in [0.1, 0.15) is 13.8 Å². The summed E-state index contributed by atoms with van der Waals surface area (Å²) in [7, 11) is 1.18. The SMILES string of the molecule is CCOC(=O)COc1ccc(O[B]Oc2ccc(OCC(=O)OCC)cc2)cc1. The second-order valence-corrected chi connectivity index (χ2v) is 5.46. The van der Waals surface area contributed by atoms with Gasteiger partial charge in [-0.05, 0) is 62.4 Å². The van der Waals surface area contributed by atoms with Gasteiger partial charge >= 0.3 is 19.6 Å². The molecule has 2 aromatic rings. The van der Waals surface area contributed by atoms with Gasteiger partial charge in [-0.2, -0.15) is 0 Å². The third-order valence-corrected chi connectivity index (χ3v) is 3.34. The summed E-state index contributed by atoms with van der Waals surface area (Å²) >= 11 is 0. The maximum atomic E-state index is 11.3. The van der Waals surface area contributed by atoms with Crippen LogP contribution in [-0.2, 0) is 19.1 Å². The van der Waals surface area contributed by atoms with Gasteiger partial charge in [0.05, 0.1) is 13.2 Å². The van der Waals surface area contributed by atoms with Crippen molar-refractivity contribution in [1.82, 2.24) is 0 Å². The summed E-state index contributed by atoms with van der Waals surface area (Å²) in [6.45, 7) is 3.79. The third kappa shape index (κ3) is 8.46. The lowest BCUT2D eigenvalue weighted by atomic mass is 10.3. The molecular weight excluding hydrogens is 379 g/mol. The molecular formula is C20H22BO8. The summed E-state index contributed by atoms with van der Waals surface area (Å²) in [6.07, 6.45) is 0. The molecule has 29 heavy (non-hydrogen) atoms. The van der Waals surface area contributed by atoms with E-state index in [0.29, 0.717) is 36.2 Å². The lowest BCUT2D eigenvalue weighted by Crippen LogP contribution is -2.14. The van der Waals surface area contributed by atoms with Crippen LogP contribution < -0.4 is 18.8 Å². The summed E-state index contributed by atoms with van der Waals surface area (Å²) in [5.74, 6) is 1.25. The highest BCUT2D eigenvalue weighted by Crippen LogP contribution is 2.19. The van der Waals surface area contributed by atoms with E-state index < -0.39 is 11.9 Å². The topological polar surface area (TPSA) is 89.5 Å². The first kappa shape index (κ1) is 21.9. The van der Waals surface area contributed by atoms with Crippen LogP contribution >= 0.6 is 0 Å². The minimum absolute atomic E-state index is 0.150. The molecule has 0 saturated heterocycles. The number of rotatable bonds is 12. The fourth-order valence-electron chi connectivity index (χ4n) is 2.05. The Morgan fingerprint density at radius 3 is 1.34 bits per heavy atom. The molecule has 0 spiro atoms. The molecule has 0 saturated carbocycles. The van der Waals surface area contributed by atoms with Crippen LogP contribution in [0, 0.1) is 0 Å². The van der Waals surface area contributed by atoms with Gasteiger partial charge in [-0.1, -0.05) is 0 Å². The van der Waals surface area contributed by atoms with E-state index in [9.17, 15) is 9.59 Å². The van der Waals surface area contributed by atoms with E-state index in [-0.39, 0.29) is 13.2 Å². The Kier molecular flexibility index (Phi) is 9.21. The van der Waals surface area contributed by atoms with Crippen LogP contribution in [0.2, 0.25) is 0 Å². The van der Waals surface area contributed by atoms with Crippen molar-refractivity contribution in [1.29, 1.82) is 0 Å². The van der Waals surface area contributed by atoms with E-state index in [0.717, 1.165) is 0 Å². The van der Waals surface area contributed by atoms with E-state index in [1.165, 1.54) is 7.69 Å². The molecule has 8 nitrogen and oxygen atoms in total. The maximum Gasteiger partial charge on any atom is 0.658 e. The first-order valence-corrected chi connectivity index (χ1v) is 9.02. The van der Waals surface area contributed by atoms with Gasteiger partial charge in [0, 0.05) is 0 Å². The zero-order valence-corrected chi connectivity index (χ0v) is 16.3. The molecule has 1 radical (unpaired) electrons. The molecule has 0 unspecified atom stereocenters. The Balaban J connectivity index is 1.70. The summed E-state index contributed by atoms with van der Waals surface area (Å²) in [5, 5.41) is 0. The highest BCUT2D eigenvalue weighted by molar-refractivity contribution is 6.20. The molecule has 2 aromatic carbocycles. The second-order valence-electron chi connectivity index (χ2n) is 5.46. The van der Waals surface area contributed by atoms with Crippen LogP contribution in [0.4, 0.5) is 0 Å². The highest BCUT2D eigenvalue weighted by Gasteiger charge is 2.06. The van der Waals surface area contributed by atoms with Gasteiger partial charge in [0.2, 0.25) is 0 Å². The second kappa shape index (κ2) is 12.2. The normalized spacial score (nSPS) is 9.86. The number of hydrogen-bond acceptors (Lipinski definition) is 8. The number of carbonyl (C=O) groups is 2. The number of esters is 2. The lowest BCUT2D eigenvalue weighted by Gasteiger charge is -2.09. The van der Waals surface area contributed by atoms with Crippen molar-refractivity contribution >= 4 is 19.6 Å². The zero-order chi connectivity index (χ0) is 20.9. The van der Waals surface area contributed by atoms with Gasteiger partial charge in [0.15, 0.2) is 13.2 Å². The molecule has 0 amide bonds. The molecule has 0 aromatic heterocycles. The summed E-state index contributed by atoms with van der Waals surface area (Å²) < 4.78 is 30.9. The third-order valence-electron chi connectivity index (χ3n) is 3.34. The Bertz CT molecular complexity index is 696. The van der Waals surface area contributed by atoms with Gasteiger partial charge in [0.1, 0.15) is 23.0 Å². The molecule has 2 rings (SSSR count). The Hall–Kier alpha value is -3.36. The molecule has 0 aliphatic rings. The Morgan fingerprint density at radius 2 is 1.00 bits per heavy atom. The average molecular weight is 401 g/mol. The van der Waals surface area contributed by atoms with Crippen molar-refractivity contribution in [2.45, 2.75) is 13.8 Å². The van der Waals surface area contributed by atoms with E-state index in [2.05, 4.69) is 0 Å². The molecule has 0 fully saturated rings. The fourth-order valence-corrected chi connectivity index (χ4v) is 2.05. The van der Waals surface area contributed by atoms with E-state index in [1.54, 1.807) is 62.4 Å². The van der Waals surface area contributed by atoms with Crippen molar-refractivity contribution in [2.24, 2.45) is 0 Å². The fraction of sp³-hybridized carbons (Fsp3) is 0.300. The standard InChI is InChI=1S/C20H22BO8/c1-3-24-19(22)13-26-15-5-9-17(10-6-15)28-21-29-18-11-7-16(8-12-18)27-14-20(23)25-4-2/h5-12H,3-4,13-14H2,1-2H3. The molecule has 0 aliphatic carbocycles. The molecule has 0 atom stereocenters. The summed E-state index contributed by atoms with van der Waals surface area (Å²) in [5.41, 5.74) is 0. The lowest BCUT2D eigenvalue weighted by molar-refractivity contribution is -0.146. The van der Waals surface area contributed by atoms with E-state index in [1.807, 2.05) is 0 Å². The predicted octanol–water partition coefficient (Wildman–Crippen LogP) is 2.56. The summed E-state index contributed by atoms with van der Waals surface area (Å²) in [4.78, 5) is 22.5. The van der Waals surface area contributed by atoms with Gasteiger partial charge in [-0.3, -0.25) is 0 Å². The van der Waals surface area contributed by atoms with E-state index >= 15 is 0 Å². The number of ether oxygens (including phenoxy) is 4.